The number of fused-ring (bicyclic) bond motifs is 1. The molecule has 8 nitrogen and oxygen atoms in total. The maximum atomic E-state index is 13.3. The maximum absolute atomic E-state index is 13.3. The van der Waals surface area contributed by atoms with E-state index >= 15 is 0 Å². The SMILES string of the molecule is CCOC(=O)COc1cc(N(C)C)ccc1C=Nn1c([C@H](C)CC)nc2ccc(Br)cc2c1=O. The van der Waals surface area contributed by atoms with Crippen LogP contribution in [0.3, 0.4) is 0 Å². The Bertz CT molecular complexity index is 1270. The first-order valence-electron chi connectivity index (χ1n) is 11.1. The van der Waals surface area contributed by atoms with Crippen LogP contribution in [0, 0.1) is 0 Å². The van der Waals surface area contributed by atoms with E-state index in [1.54, 1.807) is 19.2 Å². The summed E-state index contributed by atoms with van der Waals surface area (Å²) in [6, 6.07) is 11.0. The smallest absolute Gasteiger partial charge is 0.344 e. The van der Waals surface area contributed by atoms with Crippen molar-refractivity contribution in [1.29, 1.82) is 0 Å². The molecule has 0 bridgehead atoms. The van der Waals surface area contributed by atoms with Crippen molar-refractivity contribution < 1.29 is 14.3 Å². The van der Waals surface area contributed by atoms with Gasteiger partial charge >= 0.3 is 5.97 Å². The summed E-state index contributed by atoms with van der Waals surface area (Å²) in [6.07, 6.45) is 2.36. The van der Waals surface area contributed by atoms with Gasteiger partial charge in [-0.3, -0.25) is 4.79 Å². The molecule has 9 heteroatoms. The predicted octanol–water partition coefficient (Wildman–Crippen LogP) is 4.56. The highest BCUT2D eigenvalue weighted by molar-refractivity contribution is 9.10. The van der Waals surface area contributed by atoms with Crippen LogP contribution in [0.25, 0.3) is 10.9 Å². The number of carbonyl (C=O) groups is 1. The molecular weight excluding hydrogens is 500 g/mol. The lowest BCUT2D eigenvalue weighted by Gasteiger charge is -2.16. The third-order valence-corrected chi connectivity index (χ3v) is 5.86. The zero-order chi connectivity index (χ0) is 24.8. The molecule has 1 atom stereocenters. The summed E-state index contributed by atoms with van der Waals surface area (Å²) in [5, 5.41) is 4.99. The Morgan fingerprint density at radius 1 is 1.24 bits per heavy atom. The van der Waals surface area contributed by atoms with Crippen molar-refractivity contribution in [1.82, 2.24) is 9.66 Å². The minimum absolute atomic E-state index is 0.0218. The number of halogens is 1. The molecule has 0 aliphatic carbocycles. The fourth-order valence-corrected chi connectivity index (χ4v) is 3.63. The lowest BCUT2D eigenvalue weighted by molar-refractivity contribution is -0.145. The highest BCUT2D eigenvalue weighted by Crippen LogP contribution is 2.25. The number of benzene rings is 2. The Morgan fingerprint density at radius 2 is 2.00 bits per heavy atom. The largest absolute Gasteiger partial charge is 0.481 e. The quantitative estimate of drug-likeness (QED) is 0.299. The van der Waals surface area contributed by atoms with Crippen LogP contribution in [0.2, 0.25) is 0 Å². The molecule has 1 heterocycles. The second kappa shape index (κ2) is 11.3. The van der Waals surface area contributed by atoms with Gasteiger partial charge in [-0.15, -0.1) is 0 Å². The van der Waals surface area contributed by atoms with Gasteiger partial charge in [0.1, 0.15) is 11.6 Å². The summed E-state index contributed by atoms with van der Waals surface area (Å²) >= 11 is 3.42. The summed E-state index contributed by atoms with van der Waals surface area (Å²) in [4.78, 5) is 31.8. The molecule has 2 aromatic carbocycles. The average Bonchev–Trinajstić information content (AvgIpc) is 2.82. The minimum atomic E-state index is -0.458. The first-order chi connectivity index (χ1) is 16.2. The molecule has 0 N–H and O–H groups in total. The number of hydrogen-bond acceptors (Lipinski definition) is 7. The molecule has 0 saturated carbocycles. The summed E-state index contributed by atoms with van der Waals surface area (Å²) in [6.45, 7) is 5.84. The van der Waals surface area contributed by atoms with Gasteiger partial charge in [0.15, 0.2) is 6.61 Å². The van der Waals surface area contributed by atoms with Crippen molar-refractivity contribution in [2.45, 2.75) is 33.1 Å². The van der Waals surface area contributed by atoms with Crippen LogP contribution in [0.4, 0.5) is 5.69 Å². The fourth-order valence-electron chi connectivity index (χ4n) is 3.27. The molecular formula is C25H29BrN4O4. The molecule has 3 aromatic rings. The van der Waals surface area contributed by atoms with E-state index in [2.05, 4.69) is 21.0 Å². The van der Waals surface area contributed by atoms with Crippen LogP contribution >= 0.6 is 15.9 Å². The van der Waals surface area contributed by atoms with Gasteiger partial charge in [0.2, 0.25) is 0 Å². The van der Waals surface area contributed by atoms with Gasteiger partial charge in [0.25, 0.3) is 5.56 Å². The molecule has 0 radical (unpaired) electrons. The Balaban J connectivity index is 2.08. The van der Waals surface area contributed by atoms with E-state index in [1.807, 2.05) is 63.2 Å². The Kier molecular flexibility index (Phi) is 8.44. The summed E-state index contributed by atoms with van der Waals surface area (Å²) in [7, 11) is 3.82. The fraction of sp³-hybridized carbons (Fsp3) is 0.360. The topological polar surface area (TPSA) is 86.0 Å². The molecule has 0 aliphatic rings. The summed E-state index contributed by atoms with van der Waals surface area (Å²) in [5.41, 5.74) is 1.89. The molecule has 0 saturated heterocycles. The predicted molar refractivity (Wildman–Crippen MR) is 138 cm³/mol. The Hall–Kier alpha value is -3.20. The van der Waals surface area contributed by atoms with Gasteiger partial charge in [-0.25, -0.2) is 9.78 Å². The minimum Gasteiger partial charge on any atom is -0.481 e. The normalized spacial score (nSPS) is 12.2. The van der Waals surface area contributed by atoms with E-state index < -0.39 is 5.97 Å². The van der Waals surface area contributed by atoms with Crippen molar-refractivity contribution in [3.8, 4) is 5.75 Å². The molecule has 0 spiro atoms. The van der Waals surface area contributed by atoms with Gasteiger partial charge in [-0.2, -0.15) is 9.78 Å². The van der Waals surface area contributed by atoms with Crippen molar-refractivity contribution in [3.05, 3.63) is 62.6 Å². The second-order valence-corrected chi connectivity index (χ2v) is 8.93. The molecule has 0 amide bonds. The van der Waals surface area contributed by atoms with E-state index in [4.69, 9.17) is 14.5 Å². The molecule has 0 fully saturated rings. The molecule has 34 heavy (non-hydrogen) atoms. The van der Waals surface area contributed by atoms with Gasteiger partial charge < -0.3 is 14.4 Å². The number of anilines is 1. The van der Waals surface area contributed by atoms with Crippen LogP contribution in [0.15, 0.2) is 50.8 Å². The monoisotopic (exact) mass is 528 g/mol. The van der Waals surface area contributed by atoms with Crippen LogP contribution in [-0.4, -0.2) is 49.2 Å². The molecule has 180 valence electrons. The number of hydrogen-bond donors (Lipinski definition) is 0. The van der Waals surface area contributed by atoms with Crippen LogP contribution in [0.5, 0.6) is 5.75 Å². The van der Waals surface area contributed by atoms with Crippen LogP contribution < -0.4 is 15.2 Å². The van der Waals surface area contributed by atoms with Gasteiger partial charge in [0, 0.05) is 41.8 Å². The molecule has 1 aromatic heterocycles. The van der Waals surface area contributed by atoms with E-state index in [9.17, 15) is 9.59 Å². The van der Waals surface area contributed by atoms with E-state index in [1.165, 1.54) is 4.68 Å². The third-order valence-electron chi connectivity index (χ3n) is 5.36. The van der Waals surface area contributed by atoms with Crippen molar-refractivity contribution >= 4 is 44.7 Å². The zero-order valence-electron chi connectivity index (χ0n) is 20.0. The van der Waals surface area contributed by atoms with Crippen LogP contribution in [0.1, 0.15) is 44.5 Å². The number of carbonyl (C=O) groups excluding carboxylic acids is 1. The first-order valence-corrected chi connectivity index (χ1v) is 11.9. The number of rotatable bonds is 9. The van der Waals surface area contributed by atoms with Crippen molar-refractivity contribution in [3.63, 3.8) is 0 Å². The van der Waals surface area contributed by atoms with Crippen LogP contribution in [-0.2, 0) is 9.53 Å². The molecule has 0 unspecified atom stereocenters. The number of aromatic nitrogens is 2. The van der Waals surface area contributed by atoms with Gasteiger partial charge in [-0.05, 0) is 43.7 Å². The zero-order valence-corrected chi connectivity index (χ0v) is 21.6. The third kappa shape index (κ3) is 5.83. The van der Waals surface area contributed by atoms with Crippen molar-refractivity contribution in [2.75, 3.05) is 32.2 Å². The molecule has 0 aliphatic heterocycles. The van der Waals surface area contributed by atoms with Gasteiger partial charge in [0.05, 0.1) is 23.7 Å². The standard InChI is InChI=1S/C25H29BrN4O4/c1-6-16(3)24-28-21-11-9-18(26)12-20(21)25(32)30(24)27-14-17-8-10-19(29(4)5)13-22(17)34-15-23(31)33-7-2/h8-14,16H,6-7,15H2,1-5H3/t16-/m1/s1. The summed E-state index contributed by atoms with van der Waals surface area (Å²) < 4.78 is 12.8. The Labute approximate surface area is 207 Å². The Morgan fingerprint density at radius 3 is 2.68 bits per heavy atom. The van der Waals surface area contributed by atoms with Crippen molar-refractivity contribution in [2.24, 2.45) is 5.10 Å². The average molecular weight is 529 g/mol. The van der Waals surface area contributed by atoms with Gasteiger partial charge in [-0.1, -0.05) is 29.8 Å². The number of nitrogens with zero attached hydrogens (tertiary/aromatic N) is 4. The number of ether oxygens (including phenoxy) is 2. The maximum Gasteiger partial charge on any atom is 0.344 e. The number of esters is 1. The second-order valence-electron chi connectivity index (χ2n) is 8.01. The summed E-state index contributed by atoms with van der Waals surface area (Å²) in [5.74, 6) is 0.601. The van der Waals surface area contributed by atoms with E-state index in [-0.39, 0.29) is 24.7 Å². The lowest BCUT2D eigenvalue weighted by atomic mass is 10.1. The molecule has 3 rings (SSSR count). The lowest BCUT2D eigenvalue weighted by Crippen LogP contribution is -2.23. The highest BCUT2D eigenvalue weighted by Gasteiger charge is 2.16. The first kappa shape index (κ1) is 25.4. The highest BCUT2D eigenvalue weighted by atomic mass is 79.9. The van der Waals surface area contributed by atoms with E-state index in [0.29, 0.717) is 28.0 Å². The van der Waals surface area contributed by atoms with E-state index in [0.717, 1.165) is 16.6 Å².